The normalized spacial score (nSPS) is 52.0. The van der Waals surface area contributed by atoms with Crippen LogP contribution in [0.2, 0.25) is 0 Å². The van der Waals surface area contributed by atoms with Crippen molar-refractivity contribution in [1.82, 2.24) is 0 Å². The van der Waals surface area contributed by atoms with Gasteiger partial charge in [-0.3, -0.25) is 0 Å². The summed E-state index contributed by atoms with van der Waals surface area (Å²) in [5, 5.41) is 31.9. The van der Waals surface area contributed by atoms with E-state index in [4.69, 9.17) is 14.2 Å². The van der Waals surface area contributed by atoms with Gasteiger partial charge in [0.1, 0.15) is 23.6 Å². The maximum absolute atomic E-state index is 11.4. The molecule has 6 nitrogen and oxygen atoms in total. The molecular formula is C25H38O6. The Balaban J connectivity index is 1.86. The average Bonchev–Trinajstić information content (AvgIpc) is 2.91. The highest BCUT2D eigenvalue weighted by atomic mass is 16.5. The summed E-state index contributed by atoms with van der Waals surface area (Å²) < 4.78 is 18.8. The van der Waals surface area contributed by atoms with Crippen molar-refractivity contribution in [2.45, 2.75) is 70.2 Å². The Bertz CT molecular complexity index is 759. The van der Waals surface area contributed by atoms with Crippen molar-refractivity contribution in [2.75, 3.05) is 13.7 Å². The zero-order chi connectivity index (χ0) is 22.7. The number of hydrogen-bond acceptors (Lipinski definition) is 6. The van der Waals surface area contributed by atoms with Gasteiger partial charge >= 0.3 is 0 Å². The molecular weight excluding hydrogens is 396 g/mol. The van der Waals surface area contributed by atoms with Crippen LogP contribution in [0.5, 0.6) is 0 Å². The van der Waals surface area contributed by atoms with E-state index in [-0.39, 0.29) is 54.3 Å². The fourth-order valence-corrected chi connectivity index (χ4v) is 6.85. The molecule has 0 aromatic heterocycles. The highest BCUT2D eigenvalue weighted by Crippen LogP contribution is 2.62. The van der Waals surface area contributed by atoms with Crippen LogP contribution in [0.25, 0.3) is 0 Å². The van der Waals surface area contributed by atoms with Gasteiger partial charge in [0.05, 0.1) is 18.3 Å². The molecule has 4 bridgehead atoms. The minimum atomic E-state index is -0.687. The number of aliphatic hydroxyl groups excluding tert-OH is 3. The fourth-order valence-electron chi connectivity index (χ4n) is 6.85. The van der Waals surface area contributed by atoms with Crippen molar-refractivity contribution in [1.29, 1.82) is 0 Å². The minimum Gasteiger partial charge on any atom is -0.489 e. The maximum atomic E-state index is 11.4. The Morgan fingerprint density at radius 1 is 1.32 bits per heavy atom. The molecule has 2 heterocycles. The zero-order valence-corrected chi connectivity index (χ0v) is 19.3. The molecule has 4 aliphatic rings. The van der Waals surface area contributed by atoms with Gasteiger partial charge in [-0.1, -0.05) is 38.7 Å². The second-order valence-electron chi connectivity index (χ2n) is 10.1. The molecule has 4 rings (SSSR count). The van der Waals surface area contributed by atoms with Crippen molar-refractivity contribution in [3.05, 3.63) is 36.1 Å². The number of ether oxygens (including phenoxy) is 3. The molecule has 31 heavy (non-hydrogen) atoms. The number of aliphatic hydroxyl groups is 3. The van der Waals surface area contributed by atoms with E-state index in [0.717, 1.165) is 5.57 Å². The number of hydrogen-bond donors (Lipinski definition) is 3. The molecule has 0 radical (unpaired) electrons. The topological polar surface area (TPSA) is 88.4 Å². The maximum Gasteiger partial charge on any atom is 0.130 e. The molecule has 2 aliphatic heterocycles. The van der Waals surface area contributed by atoms with Crippen LogP contribution in [0.1, 0.15) is 34.1 Å². The molecule has 1 saturated heterocycles. The molecule has 12 atom stereocenters. The third-order valence-electron chi connectivity index (χ3n) is 8.47. The summed E-state index contributed by atoms with van der Waals surface area (Å²) in [6, 6.07) is 0. The van der Waals surface area contributed by atoms with Gasteiger partial charge in [0.15, 0.2) is 0 Å². The van der Waals surface area contributed by atoms with Crippen molar-refractivity contribution in [3.63, 3.8) is 0 Å². The lowest BCUT2D eigenvalue weighted by Gasteiger charge is -2.49. The van der Waals surface area contributed by atoms with E-state index >= 15 is 0 Å². The average molecular weight is 435 g/mol. The Kier molecular flexibility index (Phi) is 6.16. The zero-order valence-electron chi connectivity index (χ0n) is 19.3. The molecule has 2 aliphatic carbocycles. The van der Waals surface area contributed by atoms with Gasteiger partial charge < -0.3 is 29.5 Å². The van der Waals surface area contributed by atoms with Gasteiger partial charge in [0.2, 0.25) is 0 Å². The fraction of sp³-hybridized carbons (Fsp3) is 0.760. The van der Waals surface area contributed by atoms with E-state index in [1.165, 1.54) is 0 Å². The first-order valence-electron chi connectivity index (χ1n) is 11.6. The first kappa shape index (κ1) is 23.0. The first-order chi connectivity index (χ1) is 14.7. The van der Waals surface area contributed by atoms with Crippen LogP contribution in [0.4, 0.5) is 0 Å². The molecule has 0 aromatic rings. The quantitative estimate of drug-likeness (QED) is 0.592. The lowest BCUT2D eigenvalue weighted by atomic mass is 9.56. The van der Waals surface area contributed by atoms with E-state index in [2.05, 4.69) is 31.7 Å². The second-order valence-corrected chi connectivity index (χ2v) is 10.1. The standard InChI is InChI=1S/C25H38O6/c1-12-9-13(2)25-17(10-20(29-6)16(5)30-23(12)15(4)27)7-8-18-21(25)22(28)14(3)19(11-26)24(18)31-25/h7-9,12,14-15,17-24,26-28H,5,10-11H2,1-4,6H3/b13-9+/t12-,14?,15-,17-,18-,19+,20+,21+,22-,23+,24-,25+/m1/s1. The molecule has 1 unspecified atom stereocenters. The molecule has 0 aromatic carbocycles. The molecule has 174 valence electrons. The van der Waals surface area contributed by atoms with Crippen molar-refractivity contribution >= 4 is 0 Å². The van der Waals surface area contributed by atoms with Crippen molar-refractivity contribution < 1.29 is 29.5 Å². The molecule has 0 amide bonds. The van der Waals surface area contributed by atoms with Crippen LogP contribution in [0.3, 0.4) is 0 Å². The smallest absolute Gasteiger partial charge is 0.130 e. The van der Waals surface area contributed by atoms with Crippen LogP contribution in [0.15, 0.2) is 36.1 Å². The molecule has 2 fully saturated rings. The van der Waals surface area contributed by atoms with E-state index in [1.807, 2.05) is 13.8 Å². The van der Waals surface area contributed by atoms with Crippen LogP contribution >= 0.6 is 0 Å². The van der Waals surface area contributed by atoms with Gasteiger partial charge in [-0.2, -0.15) is 0 Å². The van der Waals surface area contributed by atoms with Crippen LogP contribution in [-0.4, -0.2) is 65.2 Å². The van der Waals surface area contributed by atoms with E-state index in [0.29, 0.717) is 12.2 Å². The second kappa shape index (κ2) is 8.31. The summed E-state index contributed by atoms with van der Waals surface area (Å²) in [7, 11) is 1.64. The summed E-state index contributed by atoms with van der Waals surface area (Å²) in [5.41, 5.74) is 0.362. The largest absolute Gasteiger partial charge is 0.489 e. The summed E-state index contributed by atoms with van der Waals surface area (Å²) in [6.45, 7) is 11.9. The van der Waals surface area contributed by atoms with Gasteiger partial charge in [0, 0.05) is 43.3 Å². The van der Waals surface area contributed by atoms with E-state index < -0.39 is 23.9 Å². The highest BCUT2D eigenvalue weighted by molar-refractivity contribution is 5.35. The molecule has 3 N–H and O–H groups in total. The van der Waals surface area contributed by atoms with Crippen LogP contribution < -0.4 is 0 Å². The Hall–Kier alpha value is -1.18. The Morgan fingerprint density at radius 2 is 2.03 bits per heavy atom. The molecule has 1 spiro atoms. The highest BCUT2D eigenvalue weighted by Gasteiger charge is 2.67. The monoisotopic (exact) mass is 434 g/mol. The van der Waals surface area contributed by atoms with Gasteiger partial charge in [0.25, 0.3) is 0 Å². The SMILES string of the molecule is C=C1O[C@H]([C@@H](C)O)[C@H](C)/C=C(\C)[C@]23O[C@@H]4[C@H](C=C[C@@H]2C[C@@H]1OC)[C@H]3[C@H](O)C(C)[C@@H]4CO. The third kappa shape index (κ3) is 3.34. The predicted molar refractivity (Wildman–Crippen MR) is 117 cm³/mol. The van der Waals surface area contributed by atoms with Gasteiger partial charge in [-0.25, -0.2) is 0 Å². The van der Waals surface area contributed by atoms with Crippen LogP contribution in [0, 0.1) is 35.5 Å². The first-order valence-corrected chi connectivity index (χ1v) is 11.6. The summed E-state index contributed by atoms with van der Waals surface area (Å²) in [4.78, 5) is 0. The van der Waals surface area contributed by atoms with Gasteiger partial charge in [-0.15, -0.1) is 0 Å². The summed E-state index contributed by atoms with van der Waals surface area (Å²) >= 11 is 0. The Morgan fingerprint density at radius 3 is 2.65 bits per heavy atom. The molecule has 1 saturated carbocycles. The Labute approximate surface area is 185 Å². The van der Waals surface area contributed by atoms with Crippen molar-refractivity contribution in [3.8, 4) is 0 Å². The van der Waals surface area contributed by atoms with E-state index in [9.17, 15) is 15.3 Å². The molecule has 6 heteroatoms. The lowest BCUT2D eigenvalue weighted by Crippen LogP contribution is -2.55. The third-order valence-corrected chi connectivity index (χ3v) is 8.47. The lowest BCUT2D eigenvalue weighted by molar-refractivity contribution is -0.0932. The van der Waals surface area contributed by atoms with Crippen molar-refractivity contribution in [2.24, 2.45) is 35.5 Å². The number of rotatable bonds is 3. The predicted octanol–water partition coefficient (Wildman–Crippen LogP) is 2.44. The van der Waals surface area contributed by atoms with Crippen LogP contribution in [-0.2, 0) is 14.2 Å². The minimum absolute atomic E-state index is 0.00465. The van der Waals surface area contributed by atoms with Gasteiger partial charge in [-0.05, 0) is 31.8 Å². The van der Waals surface area contributed by atoms with E-state index in [1.54, 1.807) is 14.0 Å². The summed E-state index contributed by atoms with van der Waals surface area (Å²) in [6.07, 6.45) is 4.88. The summed E-state index contributed by atoms with van der Waals surface area (Å²) in [5.74, 6) is 0.182. The number of methoxy groups -OCH3 is 1.